The number of Topliss-reactive ketones (excluding diaryl/α,β-unsaturated/α-hetero) is 1. The fourth-order valence-electron chi connectivity index (χ4n) is 1.86. The van der Waals surface area contributed by atoms with Crippen molar-refractivity contribution < 1.29 is 22.4 Å². The van der Waals surface area contributed by atoms with Gasteiger partial charge in [0.15, 0.2) is 0 Å². The van der Waals surface area contributed by atoms with Crippen LogP contribution in [0, 0.1) is 0 Å². The molecule has 1 nitrogen and oxygen atoms in total. The topological polar surface area (TPSA) is 17.1 Å². The van der Waals surface area contributed by atoms with Gasteiger partial charge < -0.3 is 4.79 Å². The molecule has 0 aromatic carbocycles. The molecule has 0 N–H and O–H groups in total. The van der Waals surface area contributed by atoms with Crippen molar-refractivity contribution in [2.24, 2.45) is 0 Å². The van der Waals surface area contributed by atoms with Gasteiger partial charge in [-0.05, 0) is 26.2 Å². The molecule has 0 aromatic rings. The Hall–Kier alpha value is -0.610. The fraction of sp³-hybridized carbons (Fsp3) is 0.929. The Morgan fingerprint density at radius 3 is 1.74 bits per heavy atom. The van der Waals surface area contributed by atoms with E-state index in [4.69, 9.17) is 0 Å². The zero-order valence-corrected chi connectivity index (χ0v) is 11.8. The smallest absolute Gasteiger partial charge is 0.300 e. The van der Waals surface area contributed by atoms with Crippen molar-refractivity contribution in [2.45, 2.75) is 83.5 Å². The molecule has 0 saturated carbocycles. The van der Waals surface area contributed by atoms with Gasteiger partial charge in [-0.3, -0.25) is 0 Å². The lowest BCUT2D eigenvalue weighted by Gasteiger charge is -2.26. The van der Waals surface area contributed by atoms with E-state index in [1.807, 2.05) is 6.92 Å². The number of ketones is 1. The van der Waals surface area contributed by atoms with E-state index in [-0.39, 0.29) is 31.5 Å². The van der Waals surface area contributed by atoms with Crippen molar-refractivity contribution in [3.8, 4) is 0 Å². The quantitative estimate of drug-likeness (QED) is 0.368. The molecular formula is C14H24F4O. The maximum absolute atomic E-state index is 13.4. The fourth-order valence-corrected chi connectivity index (χ4v) is 1.86. The number of hydrogen-bond acceptors (Lipinski definition) is 1. The third kappa shape index (κ3) is 7.53. The monoisotopic (exact) mass is 284 g/mol. The second kappa shape index (κ2) is 8.54. The van der Waals surface area contributed by atoms with Gasteiger partial charge in [0, 0.05) is 19.3 Å². The van der Waals surface area contributed by atoms with Gasteiger partial charge in [-0.2, -0.15) is 17.6 Å². The first-order valence-corrected chi connectivity index (χ1v) is 6.98. The Balaban J connectivity index is 4.07. The molecule has 5 heteroatoms. The molecule has 0 fully saturated rings. The van der Waals surface area contributed by atoms with Gasteiger partial charge in [-0.25, -0.2) is 0 Å². The first-order valence-electron chi connectivity index (χ1n) is 6.98. The van der Waals surface area contributed by atoms with Crippen LogP contribution < -0.4 is 0 Å². The minimum Gasteiger partial charge on any atom is -0.300 e. The molecule has 0 amide bonds. The first kappa shape index (κ1) is 18.4. The average molecular weight is 284 g/mol. The van der Waals surface area contributed by atoms with E-state index in [9.17, 15) is 22.4 Å². The van der Waals surface area contributed by atoms with Crippen LogP contribution in [0.2, 0.25) is 0 Å². The zero-order chi connectivity index (χ0) is 14.9. The van der Waals surface area contributed by atoms with E-state index in [2.05, 4.69) is 0 Å². The van der Waals surface area contributed by atoms with Crippen LogP contribution in [0.1, 0.15) is 71.6 Å². The first-order chi connectivity index (χ1) is 8.73. The van der Waals surface area contributed by atoms with Crippen LogP contribution >= 0.6 is 0 Å². The Kier molecular flexibility index (Phi) is 8.26. The van der Waals surface area contributed by atoms with Crippen molar-refractivity contribution in [1.29, 1.82) is 0 Å². The molecule has 0 saturated heterocycles. The molecule has 114 valence electrons. The molecule has 0 radical (unpaired) electrons. The Bertz CT molecular complexity index is 264. The van der Waals surface area contributed by atoms with Crippen molar-refractivity contribution in [2.75, 3.05) is 0 Å². The minimum atomic E-state index is -3.96. The molecular weight excluding hydrogens is 260 g/mol. The number of alkyl halides is 4. The third-order valence-corrected chi connectivity index (χ3v) is 3.15. The number of unbranched alkanes of at least 4 members (excludes halogenated alkanes) is 4. The van der Waals surface area contributed by atoms with Crippen molar-refractivity contribution in [3.05, 3.63) is 0 Å². The second-order valence-corrected chi connectivity index (χ2v) is 5.13. The summed E-state index contributed by atoms with van der Waals surface area (Å²) in [4.78, 5) is 10.6. The molecule has 0 bridgehead atoms. The maximum Gasteiger partial charge on any atom is 0.310 e. The highest BCUT2D eigenvalue weighted by Gasteiger charge is 2.54. The van der Waals surface area contributed by atoms with Crippen LogP contribution in [0.25, 0.3) is 0 Å². The lowest BCUT2D eigenvalue weighted by atomic mass is 9.98. The standard InChI is InChI=1S/C14H24F4O/c1-3-4-5-7-10-13(15,16)14(17,18)11-8-6-9-12(2)19/h3-11H2,1-2H3. The Morgan fingerprint density at radius 2 is 1.32 bits per heavy atom. The van der Waals surface area contributed by atoms with Gasteiger partial charge in [-0.15, -0.1) is 0 Å². The maximum atomic E-state index is 13.4. The number of rotatable bonds is 11. The van der Waals surface area contributed by atoms with Crippen LogP contribution in [0.15, 0.2) is 0 Å². The summed E-state index contributed by atoms with van der Waals surface area (Å²) in [5.41, 5.74) is 0. The predicted molar refractivity (Wildman–Crippen MR) is 67.8 cm³/mol. The van der Waals surface area contributed by atoms with Crippen molar-refractivity contribution in [1.82, 2.24) is 0 Å². The van der Waals surface area contributed by atoms with E-state index in [1.54, 1.807) is 0 Å². The highest BCUT2D eigenvalue weighted by atomic mass is 19.3. The van der Waals surface area contributed by atoms with Crippen LogP contribution in [-0.4, -0.2) is 17.6 Å². The Labute approximate surface area is 112 Å². The molecule has 19 heavy (non-hydrogen) atoms. The second-order valence-electron chi connectivity index (χ2n) is 5.13. The number of carbonyl (C=O) groups excluding carboxylic acids is 1. The summed E-state index contributed by atoms with van der Waals surface area (Å²) in [6.07, 6.45) is 1.14. The highest BCUT2D eigenvalue weighted by Crippen LogP contribution is 2.41. The van der Waals surface area contributed by atoms with E-state index in [0.29, 0.717) is 6.42 Å². The summed E-state index contributed by atoms with van der Waals surface area (Å²) in [5.74, 6) is -8.00. The van der Waals surface area contributed by atoms with Gasteiger partial charge >= 0.3 is 11.8 Å². The number of hydrogen-bond donors (Lipinski definition) is 0. The van der Waals surface area contributed by atoms with Gasteiger partial charge in [0.05, 0.1) is 0 Å². The number of carbonyl (C=O) groups is 1. The van der Waals surface area contributed by atoms with E-state index < -0.39 is 24.7 Å². The van der Waals surface area contributed by atoms with Crippen molar-refractivity contribution >= 4 is 5.78 Å². The molecule has 0 heterocycles. The van der Waals surface area contributed by atoms with E-state index in [1.165, 1.54) is 6.92 Å². The predicted octanol–water partition coefficient (Wildman–Crippen LogP) is 5.38. The average Bonchev–Trinajstić information content (AvgIpc) is 2.30. The number of halogens is 4. The molecule has 0 aliphatic carbocycles. The summed E-state index contributed by atoms with van der Waals surface area (Å²) >= 11 is 0. The summed E-state index contributed by atoms with van der Waals surface area (Å²) in [5, 5.41) is 0. The van der Waals surface area contributed by atoms with Crippen LogP contribution in [0.4, 0.5) is 17.6 Å². The lowest BCUT2D eigenvalue weighted by Crippen LogP contribution is -2.40. The molecule has 0 aromatic heterocycles. The van der Waals surface area contributed by atoms with Gasteiger partial charge in [0.25, 0.3) is 0 Å². The molecule has 0 rings (SSSR count). The summed E-state index contributed by atoms with van der Waals surface area (Å²) in [6, 6.07) is 0. The van der Waals surface area contributed by atoms with Crippen LogP contribution in [-0.2, 0) is 4.79 Å². The lowest BCUT2D eigenvalue weighted by molar-refractivity contribution is -0.216. The van der Waals surface area contributed by atoms with Crippen molar-refractivity contribution in [3.63, 3.8) is 0 Å². The van der Waals surface area contributed by atoms with Gasteiger partial charge in [0.2, 0.25) is 0 Å². The summed E-state index contributed by atoms with van der Waals surface area (Å²) in [7, 11) is 0. The third-order valence-electron chi connectivity index (χ3n) is 3.15. The van der Waals surface area contributed by atoms with Crippen LogP contribution in [0.3, 0.4) is 0 Å². The summed E-state index contributed by atoms with van der Waals surface area (Å²) < 4.78 is 53.6. The Morgan fingerprint density at radius 1 is 0.842 bits per heavy atom. The van der Waals surface area contributed by atoms with Crippen LogP contribution in [0.5, 0.6) is 0 Å². The van der Waals surface area contributed by atoms with Gasteiger partial charge in [-0.1, -0.05) is 26.2 Å². The van der Waals surface area contributed by atoms with E-state index >= 15 is 0 Å². The van der Waals surface area contributed by atoms with Gasteiger partial charge in [0.1, 0.15) is 5.78 Å². The normalized spacial score (nSPS) is 12.7. The molecule has 0 aliphatic rings. The van der Waals surface area contributed by atoms with E-state index in [0.717, 1.165) is 12.8 Å². The molecule has 0 spiro atoms. The summed E-state index contributed by atoms with van der Waals surface area (Å²) in [6.45, 7) is 3.29. The molecule has 0 aliphatic heterocycles. The SMILES string of the molecule is CCCCCCC(F)(F)C(F)(F)CCCCC(C)=O. The zero-order valence-electron chi connectivity index (χ0n) is 11.8. The minimum absolute atomic E-state index is 0.0445. The highest BCUT2D eigenvalue weighted by molar-refractivity contribution is 5.75. The molecule has 0 unspecified atom stereocenters. The largest absolute Gasteiger partial charge is 0.310 e. The molecule has 0 atom stereocenters.